The fraction of sp³-hybridized carbons (Fsp3) is 0.364. The largest absolute Gasteiger partial charge is 0.244 e. The van der Waals surface area contributed by atoms with E-state index in [0.29, 0.717) is 0 Å². The van der Waals surface area contributed by atoms with Crippen molar-refractivity contribution in [3.8, 4) is 0 Å². The number of benzene rings is 1. The predicted octanol–water partition coefficient (Wildman–Crippen LogP) is 3.88. The summed E-state index contributed by atoms with van der Waals surface area (Å²) in [5.41, 5.74) is 4.44. The molecule has 0 fully saturated rings. The Morgan fingerprint density at radius 1 is 1.31 bits per heavy atom. The van der Waals surface area contributed by atoms with Crippen LogP contribution in [0.1, 0.15) is 26.3 Å². The van der Waals surface area contributed by atoms with Crippen LogP contribution in [0, 0.1) is 0 Å². The Bertz CT molecular complexity index is 365. The van der Waals surface area contributed by atoms with Crippen molar-refractivity contribution in [1.29, 1.82) is 0 Å². The van der Waals surface area contributed by atoms with Crippen LogP contribution in [0.3, 0.4) is 0 Å². The van der Waals surface area contributed by atoms with Gasteiger partial charge in [-0.2, -0.15) is 0 Å². The van der Waals surface area contributed by atoms with Crippen LogP contribution in [-0.2, 0) is 6.42 Å². The fourth-order valence-electron chi connectivity index (χ4n) is 1.23. The lowest BCUT2D eigenvalue weighted by atomic mass is 10.1. The number of hydrogen-bond acceptors (Lipinski definition) is 2. The van der Waals surface area contributed by atoms with Gasteiger partial charge in [0.2, 0.25) is 0 Å². The minimum atomic E-state index is 1.07. The Kier molecular flexibility index (Phi) is 3.90. The lowest BCUT2D eigenvalue weighted by Gasteiger charge is -1.95. The molecule has 0 aliphatic carbocycles. The summed E-state index contributed by atoms with van der Waals surface area (Å²) < 4.78 is 1.30. The molecule has 0 saturated heterocycles. The van der Waals surface area contributed by atoms with Crippen molar-refractivity contribution in [1.82, 2.24) is 4.98 Å². The van der Waals surface area contributed by atoms with Crippen LogP contribution in [0.5, 0.6) is 0 Å². The van der Waals surface area contributed by atoms with Crippen molar-refractivity contribution in [2.45, 2.75) is 27.2 Å². The molecule has 0 spiro atoms. The first kappa shape index (κ1) is 10.2. The van der Waals surface area contributed by atoms with E-state index in [0.717, 1.165) is 6.42 Å². The Hall–Kier alpha value is -0.890. The monoisotopic (exact) mass is 193 g/mol. The second kappa shape index (κ2) is 4.97. The van der Waals surface area contributed by atoms with Crippen LogP contribution in [0.25, 0.3) is 10.2 Å². The lowest BCUT2D eigenvalue weighted by Crippen LogP contribution is -1.80. The second-order valence-corrected chi connectivity index (χ2v) is 3.36. The van der Waals surface area contributed by atoms with Crippen LogP contribution in [0.4, 0.5) is 0 Å². The lowest BCUT2D eigenvalue weighted by molar-refractivity contribution is 1.15. The van der Waals surface area contributed by atoms with E-state index in [1.807, 2.05) is 19.4 Å². The molecule has 1 aromatic carbocycles. The maximum absolute atomic E-state index is 4.31. The zero-order chi connectivity index (χ0) is 9.68. The smallest absolute Gasteiger partial charge is 0.0843 e. The predicted molar refractivity (Wildman–Crippen MR) is 60.3 cm³/mol. The van der Waals surface area contributed by atoms with E-state index in [1.165, 1.54) is 15.8 Å². The van der Waals surface area contributed by atoms with Crippen molar-refractivity contribution in [3.05, 3.63) is 29.3 Å². The molecule has 0 bridgehead atoms. The summed E-state index contributed by atoms with van der Waals surface area (Å²) in [6, 6.07) is 6.35. The molecule has 0 amide bonds. The van der Waals surface area contributed by atoms with Gasteiger partial charge in [0.25, 0.3) is 0 Å². The van der Waals surface area contributed by atoms with Crippen molar-refractivity contribution in [2.75, 3.05) is 0 Å². The molecule has 0 N–H and O–H groups in total. The standard InChI is InChI=1S/C9H9NS.C2H6/c1-2-7-4-3-5-8-9(7)10-6-11-8;1-2/h3-6H,2H2,1H3;1-2H3. The molecule has 0 unspecified atom stereocenters. The highest BCUT2D eigenvalue weighted by Crippen LogP contribution is 2.20. The summed E-state index contributed by atoms with van der Waals surface area (Å²) in [5.74, 6) is 0. The first-order valence-electron chi connectivity index (χ1n) is 4.73. The number of aryl methyl sites for hydroxylation is 1. The summed E-state index contributed by atoms with van der Waals surface area (Å²) in [6.45, 7) is 6.16. The Labute approximate surface area is 83.4 Å². The molecular weight excluding hydrogens is 178 g/mol. The minimum Gasteiger partial charge on any atom is -0.244 e. The van der Waals surface area contributed by atoms with Gasteiger partial charge in [0.05, 0.1) is 15.7 Å². The third-order valence-corrected chi connectivity index (χ3v) is 2.62. The molecule has 2 aromatic rings. The Morgan fingerprint density at radius 2 is 2.08 bits per heavy atom. The maximum atomic E-state index is 4.31. The number of fused-ring (bicyclic) bond motifs is 1. The van der Waals surface area contributed by atoms with Gasteiger partial charge < -0.3 is 0 Å². The molecule has 70 valence electrons. The third kappa shape index (κ3) is 2.07. The number of aromatic nitrogens is 1. The van der Waals surface area contributed by atoms with Crippen molar-refractivity contribution in [3.63, 3.8) is 0 Å². The van der Waals surface area contributed by atoms with E-state index >= 15 is 0 Å². The van der Waals surface area contributed by atoms with Crippen molar-refractivity contribution in [2.24, 2.45) is 0 Å². The molecule has 1 heterocycles. The third-order valence-electron chi connectivity index (χ3n) is 1.82. The first-order chi connectivity index (χ1) is 6.42. The average Bonchev–Trinajstić information content (AvgIpc) is 2.68. The normalized spacial score (nSPS) is 9.46. The molecule has 0 atom stereocenters. The van der Waals surface area contributed by atoms with Gasteiger partial charge in [-0.3, -0.25) is 0 Å². The zero-order valence-electron chi connectivity index (χ0n) is 8.37. The van der Waals surface area contributed by atoms with Crippen LogP contribution < -0.4 is 0 Å². The first-order valence-corrected chi connectivity index (χ1v) is 5.61. The topological polar surface area (TPSA) is 12.9 Å². The molecule has 0 radical (unpaired) electrons. The summed E-state index contributed by atoms with van der Waals surface area (Å²) in [7, 11) is 0. The molecule has 2 rings (SSSR count). The van der Waals surface area contributed by atoms with Crippen LogP contribution in [0.2, 0.25) is 0 Å². The maximum Gasteiger partial charge on any atom is 0.0843 e. The number of rotatable bonds is 1. The van der Waals surface area contributed by atoms with Gasteiger partial charge in [-0.1, -0.05) is 32.9 Å². The molecule has 13 heavy (non-hydrogen) atoms. The number of para-hydroxylation sites is 1. The molecule has 0 saturated carbocycles. The summed E-state index contributed by atoms with van der Waals surface area (Å²) in [5, 5.41) is 0. The van der Waals surface area contributed by atoms with Crippen LogP contribution in [-0.4, -0.2) is 4.98 Å². The number of thiazole rings is 1. The fourth-order valence-corrected chi connectivity index (χ4v) is 1.95. The summed E-state index contributed by atoms with van der Waals surface area (Å²) in [6.07, 6.45) is 1.07. The van der Waals surface area contributed by atoms with Crippen LogP contribution in [0.15, 0.2) is 23.7 Å². The van der Waals surface area contributed by atoms with Crippen molar-refractivity contribution >= 4 is 21.6 Å². The van der Waals surface area contributed by atoms with Gasteiger partial charge in [-0.05, 0) is 18.1 Å². The second-order valence-electron chi connectivity index (χ2n) is 2.47. The molecular formula is C11H15NS. The van der Waals surface area contributed by atoms with Gasteiger partial charge in [-0.25, -0.2) is 4.98 Å². The molecule has 0 aliphatic heterocycles. The van der Waals surface area contributed by atoms with Gasteiger partial charge in [0.1, 0.15) is 0 Å². The number of nitrogens with zero attached hydrogens (tertiary/aromatic N) is 1. The molecule has 1 aromatic heterocycles. The van der Waals surface area contributed by atoms with E-state index < -0.39 is 0 Å². The highest BCUT2D eigenvalue weighted by molar-refractivity contribution is 7.16. The molecule has 1 nitrogen and oxygen atoms in total. The van der Waals surface area contributed by atoms with Crippen molar-refractivity contribution < 1.29 is 0 Å². The van der Waals surface area contributed by atoms with E-state index in [4.69, 9.17) is 0 Å². The molecule has 0 aliphatic rings. The minimum absolute atomic E-state index is 1.07. The van der Waals surface area contributed by atoms with E-state index in [2.05, 4.69) is 30.1 Å². The quantitative estimate of drug-likeness (QED) is 0.669. The summed E-state index contributed by atoms with van der Waals surface area (Å²) >= 11 is 1.71. The zero-order valence-corrected chi connectivity index (χ0v) is 9.19. The Balaban J connectivity index is 0.000000396. The average molecular weight is 193 g/mol. The van der Waals surface area contributed by atoms with Gasteiger partial charge in [0.15, 0.2) is 0 Å². The summed E-state index contributed by atoms with van der Waals surface area (Å²) in [4.78, 5) is 4.31. The number of hydrogen-bond donors (Lipinski definition) is 0. The van der Waals surface area contributed by atoms with Crippen LogP contribution >= 0.6 is 11.3 Å². The van der Waals surface area contributed by atoms with E-state index in [9.17, 15) is 0 Å². The van der Waals surface area contributed by atoms with Gasteiger partial charge in [0, 0.05) is 0 Å². The van der Waals surface area contributed by atoms with Gasteiger partial charge in [-0.15, -0.1) is 11.3 Å². The van der Waals surface area contributed by atoms with E-state index in [-0.39, 0.29) is 0 Å². The Morgan fingerprint density at radius 3 is 2.77 bits per heavy atom. The highest BCUT2D eigenvalue weighted by atomic mass is 32.1. The van der Waals surface area contributed by atoms with E-state index in [1.54, 1.807) is 11.3 Å². The highest BCUT2D eigenvalue weighted by Gasteiger charge is 1.99. The van der Waals surface area contributed by atoms with Gasteiger partial charge >= 0.3 is 0 Å². The molecule has 2 heteroatoms. The SMILES string of the molecule is CC.CCc1cccc2scnc12.